The minimum absolute atomic E-state index is 0.0408. The molecule has 0 saturated heterocycles. The van der Waals surface area contributed by atoms with E-state index in [1.807, 2.05) is 12.1 Å². The van der Waals surface area contributed by atoms with E-state index in [2.05, 4.69) is 53.3 Å². The summed E-state index contributed by atoms with van der Waals surface area (Å²) in [6.07, 6.45) is 0. The van der Waals surface area contributed by atoms with Gasteiger partial charge in [-0.05, 0) is 42.3 Å². The Kier molecular flexibility index (Phi) is 5.50. The van der Waals surface area contributed by atoms with Crippen LogP contribution in [0.2, 0.25) is 10.0 Å². The lowest BCUT2D eigenvalue weighted by Crippen LogP contribution is -2.22. The Morgan fingerprint density at radius 1 is 1.15 bits per heavy atom. The molecule has 4 heteroatoms. The van der Waals surface area contributed by atoms with Gasteiger partial charge in [-0.1, -0.05) is 70.3 Å². The molecule has 1 unspecified atom stereocenters. The highest BCUT2D eigenvalue weighted by Crippen LogP contribution is 2.35. The Bertz CT molecular complexity index is 613. The van der Waals surface area contributed by atoms with Gasteiger partial charge in [-0.2, -0.15) is 0 Å². The molecule has 0 aliphatic carbocycles. The van der Waals surface area contributed by atoms with Crippen LogP contribution in [0.25, 0.3) is 0 Å². The van der Waals surface area contributed by atoms with Gasteiger partial charge >= 0.3 is 0 Å². The van der Waals surface area contributed by atoms with Crippen LogP contribution in [0.3, 0.4) is 0 Å². The summed E-state index contributed by atoms with van der Waals surface area (Å²) in [6.45, 7) is 5.02. The van der Waals surface area contributed by atoms with Gasteiger partial charge in [0.05, 0.1) is 6.04 Å². The fraction of sp³-hybridized carbons (Fsp3) is 0.250. The maximum absolute atomic E-state index is 6.36. The zero-order valence-corrected chi connectivity index (χ0v) is 14.5. The molecule has 2 aromatic carbocycles. The van der Waals surface area contributed by atoms with Gasteiger partial charge in [-0.3, -0.25) is 0 Å². The van der Waals surface area contributed by atoms with Gasteiger partial charge in [-0.25, -0.2) is 0 Å². The Balaban J connectivity index is 2.53. The van der Waals surface area contributed by atoms with Crippen molar-refractivity contribution in [3.05, 3.63) is 67.6 Å². The molecule has 1 atom stereocenters. The number of hydrogen-bond donors (Lipinski definition) is 1. The van der Waals surface area contributed by atoms with E-state index in [1.54, 1.807) is 6.07 Å². The number of aryl methyl sites for hydroxylation is 1. The lowest BCUT2D eigenvalue weighted by molar-refractivity contribution is 0.628. The van der Waals surface area contributed by atoms with E-state index in [9.17, 15) is 0 Å². The molecule has 2 aromatic rings. The molecular formula is C16H16BrCl2N. The number of rotatable bonds is 4. The predicted molar refractivity (Wildman–Crippen MR) is 90.9 cm³/mol. The van der Waals surface area contributed by atoms with Crippen LogP contribution in [0.5, 0.6) is 0 Å². The first kappa shape index (κ1) is 15.8. The third kappa shape index (κ3) is 3.37. The van der Waals surface area contributed by atoms with Gasteiger partial charge in [-0.15, -0.1) is 0 Å². The lowest BCUT2D eigenvalue weighted by atomic mass is 9.97. The smallest absolute Gasteiger partial charge is 0.0602 e. The van der Waals surface area contributed by atoms with Gasteiger partial charge in [0.2, 0.25) is 0 Å². The molecule has 0 aliphatic heterocycles. The Morgan fingerprint density at radius 2 is 1.90 bits per heavy atom. The van der Waals surface area contributed by atoms with Crippen LogP contribution in [0.4, 0.5) is 0 Å². The predicted octanol–water partition coefficient (Wildman–Crippen LogP) is 5.76. The summed E-state index contributed by atoms with van der Waals surface area (Å²) < 4.78 is 1.11. The summed E-state index contributed by atoms with van der Waals surface area (Å²) in [5.41, 5.74) is 3.41. The van der Waals surface area contributed by atoms with Gasteiger partial charge < -0.3 is 5.32 Å². The van der Waals surface area contributed by atoms with Crippen molar-refractivity contribution in [2.24, 2.45) is 0 Å². The highest BCUT2D eigenvalue weighted by Gasteiger charge is 2.19. The van der Waals surface area contributed by atoms with E-state index in [0.717, 1.165) is 16.6 Å². The first-order chi connectivity index (χ1) is 9.54. The zero-order chi connectivity index (χ0) is 14.7. The average molecular weight is 373 g/mol. The zero-order valence-electron chi connectivity index (χ0n) is 11.4. The van der Waals surface area contributed by atoms with Crippen molar-refractivity contribution in [2.75, 3.05) is 6.54 Å². The van der Waals surface area contributed by atoms with Crippen molar-refractivity contribution < 1.29 is 0 Å². The van der Waals surface area contributed by atoms with Crippen LogP contribution in [0.15, 0.2) is 40.9 Å². The second-order valence-electron chi connectivity index (χ2n) is 4.63. The Morgan fingerprint density at radius 3 is 2.55 bits per heavy atom. The molecule has 0 spiro atoms. The average Bonchev–Trinajstić information content (AvgIpc) is 2.40. The van der Waals surface area contributed by atoms with Crippen molar-refractivity contribution in [1.29, 1.82) is 0 Å². The standard InChI is InChI=1S/C16H16BrCl2N/c1-3-20-16(12-8-7-11(18)9-14(12)19)13-6-4-5-10(2)15(13)17/h4-9,16,20H,3H2,1-2H3. The molecule has 0 heterocycles. The number of nitrogens with one attached hydrogen (secondary N) is 1. The van der Waals surface area contributed by atoms with E-state index >= 15 is 0 Å². The van der Waals surface area contributed by atoms with Crippen LogP contribution in [0.1, 0.15) is 29.7 Å². The van der Waals surface area contributed by atoms with E-state index in [1.165, 1.54) is 11.1 Å². The lowest BCUT2D eigenvalue weighted by Gasteiger charge is -2.22. The van der Waals surface area contributed by atoms with Crippen molar-refractivity contribution in [3.63, 3.8) is 0 Å². The molecule has 0 radical (unpaired) electrons. The maximum atomic E-state index is 6.36. The summed E-state index contributed by atoms with van der Waals surface area (Å²) in [4.78, 5) is 0. The molecule has 0 aliphatic rings. The van der Waals surface area contributed by atoms with E-state index in [0.29, 0.717) is 10.0 Å². The fourth-order valence-electron chi connectivity index (χ4n) is 2.22. The summed E-state index contributed by atoms with van der Waals surface area (Å²) in [5.74, 6) is 0. The molecule has 0 aromatic heterocycles. The second-order valence-corrected chi connectivity index (χ2v) is 6.27. The van der Waals surface area contributed by atoms with E-state index in [-0.39, 0.29) is 6.04 Å². The molecule has 0 amide bonds. The van der Waals surface area contributed by atoms with E-state index < -0.39 is 0 Å². The number of benzene rings is 2. The molecule has 0 bridgehead atoms. The minimum atomic E-state index is 0.0408. The Hall–Kier alpha value is -0.540. The molecule has 1 nitrogen and oxygen atoms in total. The molecule has 20 heavy (non-hydrogen) atoms. The normalized spacial score (nSPS) is 12.4. The monoisotopic (exact) mass is 371 g/mol. The highest BCUT2D eigenvalue weighted by atomic mass is 79.9. The van der Waals surface area contributed by atoms with Crippen LogP contribution in [-0.2, 0) is 0 Å². The molecule has 2 rings (SSSR count). The quantitative estimate of drug-likeness (QED) is 0.718. The van der Waals surface area contributed by atoms with Gasteiger partial charge in [0.25, 0.3) is 0 Å². The first-order valence-corrected chi connectivity index (χ1v) is 8.02. The first-order valence-electron chi connectivity index (χ1n) is 6.48. The summed E-state index contributed by atoms with van der Waals surface area (Å²) in [6, 6.07) is 11.9. The van der Waals surface area contributed by atoms with Crippen LogP contribution in [-0.4, -0.2) is 6.54 Å². The second kappa shape index (κ2) is 6.95. The van der Waals surface area contributed by atoms with Crippen LogP contribution >= 0.6 is 39.1 Å². The minimum Gasteiger partial charge on any atom is -0.306 e. The van der Waals surface area contributed by atoms with Crippen molar-refractivity contribution in [2.45, 2.75) is 19.9 Å². The molecule has 0 saturated carbocycles. The molecule has 0 fully saturated rings. The van der Waals surface area contributed by atoms with Crippen molar-refractivity contribution >= 4 is 39.1 Å². The molecular weight excluding hydrogens is 357 g/mol. The molecule has 106 valence electrons. The van der Waals surface area contributed by atoms with Crippen molar-refractivity contribution in [1.82, 2.24) is 5.32 Å². The van der Waals surface area contributed by atoms with Crippen molar-refractivity contribution in [3.8, 4) is 0 Å². The maximum Gasteiger partial charge on any atom is 0.0602 e. The largest absolute Gasteiger partial charge is 0.306 e. The van der Waals surface area contributed by atoms with Crippen LogP contribution < -0.4 is 5.32 Å². The molecule has 1 N–H and O–H groups in total. The van der Waals surface area contributed by atoms with Gasteiger partial charge in [0.1, 0.15) is 0 Å². The van der Waals surface area contributed by atoms with Gasteiger partial charge in [0.15, 0.2) is 0 Å². The topological polar surface area (TPSA) is 12.0 Å². The Labute approximate surface area is 138 Å². The summed E-state index contributed by atoms with van der Waals surface area (Å²) >= 11 is 16.0. The summed E-state index contributed by atoms with van der Waals surface area (Å²) in [5, 5.41) is 4.81. The third-order valence-corrected chi connectivity index (χ3v) is 4.86. The summed E-state index contributed by atoms with van der Waals surface area (Å²) in [7, 11) is 0. The number of halogens is 3. The fourth-order valence-corrected chi connectivity index (χ4v) is 3.23. The SMILES string of the molecule is CCNC(c1ccc(Cl)cc1Cl)c1cccc(C)c1Br. The van der Waals surface area contributed by atoms with Gasteiger partial charge in [0, 0.05) is 14.5 Å². The highest BCUT2D eigenvalue weighted by molar-refractivity contribution is 9.10. The third-order valence-electron chi connectivity index (χ3n) is 3.21. The number of hydrogen-bond acceptors (Lipinski definition) is 1. The van der Waals surface area contributed by atoms with Crippen LogP contribution in [0, 0.1) is 6.92 Å². The van der Waals surface area contributed by atoms with E-state index in [4.69, 9.17) is 23.2 Å².